The Labute approximate surface area is 66.9 Å². The van der Waals surface area contributed by atoms with Gasteiger partial charge in [-0.2, -0.15) is 0 Å². The Hall–Kier alpha value is -0.530. The van der Waals surface area contributed by atoms with Crippen LogP contribution in [0.3, 0.4) is 0 Å². The summed E-state index contributed by atoms with van der Waals surface area (Å²) in [4.78, 5) is 11.2. The van der Waals surface area contributed by atoms with Gasteiger partial charge in [0.15, 0.2) is 0 Å². The van der Waals surface area contributed by atoms with Crippen LogP contribution in [0.4, 0.5) is 0 Å². The summed E-state index contributed by atoms with van der Waals surface area (Å²) in [6, 6.07) is 0. The molecule has 2 rings (SSSR count). The summed E-state index contributed by atoms with van der Waals surface area (Å²) < 4.78 is 5.32. The molecule has 2 bridgehead atoms. The predicted molar refractivity (Wildman–Crippen MR) is 41.0 cm³/mol. The van der Waals surface area contributed by atoms with Gasteiger partial charge in [0.1, 0.15) is 5.60 Å². The Morgan fingerprint density at radius 2 is 2.18 bits per heavy atom. The minimum Gasteiger partial charge on any atom is -0.459 e. The van der Waals surface area contributed by atoms with Crippen LogP contribution in [0.2, 0.25) is 0 Å². The molecule has 0 N–H and O–H groups in total. The SMILES string of the molecule is CC1(C)OC(=O)C2CCC1C2. The molecule has 0 aromatic heterocycles. The lowest BCUT2D eigenvalue weighted by atomic mass is 9.86. The van der Waals surface area contributed by atoms with Crippen molar-refractivity contribution in [3.05, 3.63) is 0 Å². The summed E-state index contributed by atoms with van der Waals surface area (Å²) in [5.74, 6) is 0.877. The van der Waals surface area contributed by atoms with Crippen molar-refractivity contribution in [2.45, 2.75) is 38.7 Å². The lowest BCUT2D eigenvalue weighted by Crippen LogP contribution is -2.40. The molecule has 0 spiro atoms. The second kappa shape index (κ2) is 1.99. The van der Waals surface area contributed by atoms with Crippen LogP contribution < -0.4 is 0 Å². The molecule has 0 amide bonds. The number of hydrogen-bond acceptors (Lipinski definition) is 2. The number of carbonyl (C=O) groups excluding carboxylic acids is 1. The molecule has 2 heteroatoms. The van der Waals surface area contributed by atoms with Crippen molar-refractivity contribution in [3.63, 3.8) is 0 Å². The molecule has 2 aliphatic rings. The standard InChI is InChI=1S/C9H14O2/c1-9(2)7-4-3-6(5-7)8(10)11-9/h6-7H,3-5H2,1-2H3. The maximum Gasteiger partial charge on any atom is 0.309 e. The highest BCUT2D eigenvalue weighted by atomic mass is 16.6. The maximum atomic E-state index is 11.2. The van der Waals surface area contributed by atoms with Gasteiger partial charge in [-0.25, -0.2) is 0 Å². The Morgan fingerprint density at radius 3 is 2.91 bits per heavy atom. The van der Waals surface area contributed by atoms with Crippen LogP contribution in [0.15, 0.2) is 0 Å². The Kier molecular flexibility index (Phi) is 1.29. The number of ether oxygens (including phenoxy) is 1. The second-order valence-electron chi connectivity index (χ2n) is 4.23. The fraction of sp³-hybridized carbons (Fsp3) is 0.889. The van der Waals surface area contributed by atoms with Crippen LogP contribution in [0.25, 0.3) is 0 Å². The molecule has 62 valence electrons. The summed E-state index contributed by atoms with van der Waals surface area (Å²) >= 11 is 0. The summed E-state index contributed by atoms with van der Waals surface area (Å²) in [7, 11) is 0. The number of carbonyl (C=O) groups is 1. The van der Waals surface area contributed by atoms with Gasteiger partial charge in [0.05, 0.1) is 5.92 Å². The Bertz CT molecular complexity index is 196. The smallest absolute Gasteiger partial charge is 0.309 e. The van der Waals surface area contributed by atoms with E-state index in [4.69, 9.17) is 4.74 Å². The summed E-state index contributed by atoms with van der Waals surface area (Å²) in [6.07, 6.45) is 3.28. The van der Waals surface area contributed by atoms with Crippen LogP contribution in [0.1, 0.15) is 33.1 Å². The number of rotatable bonds is 0. The van der Waals surface area contributed by atoms with Gasteiger partial charge in [-0.1, -0.05) is 0 Å². The minimum absolute atomic E-state index is 0.0313. The third-order valence-electron chi connectivity index (χ3n) is 3.11. The van der Waals surface area contributed by atoms with Gasteiger partial charge in [0.25, 0.3) is 0 Å². The summed E-state index contributed by atoms with van der Waals surface area (Å²) in [5, 5.41) is 0. The van der Waals surface area contributed by atoms with Crippen molar-refractivity contribution in [1.29, 1.82) is 0 Å². The largest absolute Gasteiger partial charge is 0.459 e. The van der Waals surface area contributed by atoms with Gasteiger partial charge < -0.3 is 4.74 Å². The first kappa shape index (κ1) is 7.14. The van der Waals surface area contributed by atoms with E-state index in [0.717, 1.165) is 12.8 Å². The molecular formula is C9H14O2. The summed E-state index contributed by atoms with van der Waals surface area (Å²) in [5.41, 5.74) is -0.190. The zero-order valence-corrected chi connectivity index (χ0v) is 7.09. The van der Waals surface area contributed by atoms with Crippen molar-refractivity contribution >= 4 is 5.97 Å². The Morgan fingerprint density at radius 1 is 1.45 bits per heavy atom. The van der Waals surface area contributed by atoms with Gasteiger partial charge in [-0.15, -0.1) is 0 Å². The van der Waals surface area contributed by atoms with E-state index in [1.807, 2.05) is 13.8 Å². The van der Waals surface area contributed by atoms with Crippen molar-refractivity contribution < 1.29 is 9.53 Å². The van der Waals surface area contributed by atoms with Gasteiger partial charge in [0.2, 0.25) is 0 Å². The molecule has 2 fully saturated rings. The average Bonchev–Trinajstić information content (AvgIpc) is 2.28. The van der Waals surface area contributed by atoms with E-state index in [-0.39, 0.29) is 17.5 Å². The topological polar surface area (TPSA) is 26.3 Å². The molecular weight excluding hydrogens is 140 g/mol. The van der Waals surface area contributed by atoms with E-state index in [9.17, 15) is 4.79 Å². The Balaban J connectivity index is 2.24. The van der Waals surface area contributed by atoms with E-state index in [1.165, 1.54) is 6.42 Å². The molecule has 1 aliphatic heterocycles. The fourth-order valence-corrected chi connectivity index (χ4v) is 2.25. The molecule has 0 aromatic rings. The van der Waals surface area contributed by atoms with Crippen molar-refractivity contribution in [3.8, 4) is 0 Å². The van der Waals surface area contributed by atoms with Crippen LogP contribution in [0.5, 0.6) is 0 Å². The first-order valence-corrected chi connectivity index (χ1v) is 4.32. The van der Waals surface area contributed by atoms with Gasteiger partial charge >= 0.3 is 5.97 Å². The van der Waals surface area contributed by atoms with E-state index in [0.29, 0.717) is 5.92 Å². The van der Waals surface area contributed by atoms with Gasteiger partial charge in [-0.3, -0.25) is 4.79 Å². The molecule has 11 heavy (non-hydrogen) atoms. The number of cyclic esters (lactones) is 1. The van der Waals surface area contributed by atoms with E-state index < -0.39 is 0 Å². The third-order valence-corrected chi connectivity index (χ3v) is 3.11. The minimum atomic E-state index is -0.190. The fourth-order valence-electron chi connectivity index (χ4n) is 2.25. The van der Waals surface area contributed by atoms with Crippen molar-refractivity contribution in [2.24, 2.45) is 11.8 Å². The lowest BCUT2D eigenvalue weighted by molar-refractivity contribution is -0.172. The molecule has 1 heterocycles. The zero-order valence-electron chi connectivity index (χ0n) is 7.09. The first-order valence-electron chi connectivity index (χ1n) is 4.32. The summed E-state index contributed by atoms with van der Waals surface area (Å²) in [6.45, 7) is 4.05. The quantitative estimate of drug-likeness (QED) is 0.497. The average molecular weight is 154 g/mol. The second-order valence-corrected chi connectivity index (χ2v) is 4.23. The highest BCUT2D eigenvalue weighted by molar-refractivity contribution is 5.74. The maximum absolute atomic E-state index is 11.2. The molecule has 2 atom stereocenters. The first-order chi connectivity index (χ1) is 5.09. The van der Waals surface area contributed by atoms with E-state index in [1.54, 1.807) is 0 Å². The highest BCUT2D eigenvalue weighted by Crippen LogP contribution is 2.44. The number of hydrogen-bond donors (Lipinski definition) is 0. The van der Waals surface area contributed by atoms with Crippen LogP contribution in [-0.2, 0) is 9.53 Å². The van der Waals surface area contributed by atoms with Gasteiger partial charge in [0, 0.05) is 0 Å². The molecule has 0 radical (unpaired) electrons. The zero-order chi connectivity index (χ0) is 8.06. The monoisotopic (exact) mass is 154 g/mol. The molecule has 2 nitrogen and oxygen atoms in total. The van der Waals surface area contributed by atoms with Crippen LogP contribution >= 0.6 is 0 Å². The molecule has 1 aliphatic carbocycles. The lowest BCUT2D eigenvalue weighted by Gasteiger charge is -2.35. The predicted octanol–water partition coefficient (Wildman–Crippen LogP) is 1.74. The van der Waals surface area contributed by atoms with Crippen molar-refractivity contribution in [2.75, 3.05) is 0 Å². The van der Waals surface area contributed by atoms with E-state index in [2.05, 4.69) is 0 Å². The van der Waals surface area contributed by atoms with Crippen LogP contribution in [-0.4, -0.2) is 11.6 Å². The van der Waals surface area contributed by atoms with Crippen LogP contribution in [0, 0.1) is 11.8 Å². The molecule has 1 saturated carbocycles. The van der Waals surface area contributed by atoms with E-state index >= 15 is 0 Å². The molecule has 2 unspecified atom stereocenters. The van der Waals surface area contributed by atoms with Crippen molar-refractivity contribution in [1.82, 2.24) is 0 Å². The number of esters is 1. The number of fused-ring (bicyclic) bond motifs is 2. The molecule has 1 saturated heterocycles. The van der Waals surface area contributed by atoms with Gasteiger partial charge in [-0.05, 0) is 39.0 Å². The molecule has 0 aromatic carbocycles. The normalized spacial score (nSPS) is 40.4. The third kappa shape index (κ3) is 0.959. The highest BCUT2D eigenvalue weighted by Gasteiger charge is 2.47.